The number of ether oxygens (including phenoxy) is 2. The van der Waals surface area contributed by atoms with Crippen molar-refractivity contribution in [2.45, 2.75) is 11.4 Å². The maximum Gasteiger partial charge on any atom is 0.241 e. The van der Waals surface area contributed by atoms with Crippen molar-refractivity contribution in [1.29, 1.82) is 0 Å². The van der Waals surface area contributed by atoms with Crippen LogP contribution < -0.4 is 14.2 Å². The zero-order chi connectivity index (χ0) is 19.4. The van der Waals surface area contributed by atoms with E-state index in [0.29, 0.717) is 21.9 Å². The fraction of sp³-hybridized carbons (Fsp3) is 0.167. The highest BCUT2D eigenvalue weighted by molar-refractivity contribution is 7.89. The lowest BCUT2D eigenvalue weighted by molar-refractivity contribution is 0.104. The van der Waals surface area contributed by atoms with E-state index in [9.17, 15) is 13.2 Å². The second-order valence-electron chi connectivity index (χ2n) is 5.45. The Morgan fingerprint density at radius 3 is 2.52 bits per heavy atom. The van der Waals surface area contributed by atoms with Gasteiger partial charge >= 0.3 is 0 Å². The van der Waals surface area contributed by atoms with Crippen molar-refractivity contribution < 1.29 is 22.7 Å². The van der Waals surface area contributed by atoms with Gasteiger partial charge in [-0.15, -0.1) is 11.3 Å². The summed E-state index contributed by atoms with van der Waals surface area (Å²) in [5.74, 6) is 0.724. The molecule has 0 amide bonds. The van der Waals surface area contributed by atoms with Crippen LogP contribution in [0.25, 0.3) is 0 Å². The van der Waals surface area contributed by atoms with Crippen LogP contribution in [0.1, 0.15) is 20.1 Å². The van der Waals surface area contributed by atoms with E-state index in [1.165, 1.54) is 55.1 Å². The third kappa shape index (κ3) is 4.38. The van der Waals surface area contributed by atoms with E-state index >= 15 is 0 Å². The smallest absolute Gasteiger partial charge is 0.241 e. The highest BCUT2D eigenvalue weighted by Gasteiger charge is 2.18. The molecule has 0 aliphatic heterocycles. The summed E-state index contributed by atoms with van der Waals surface area (Å²) >= 11 is 2.73. The number of hydrogen-bond donors (Lipinski definition) is 1. The Bertz CT molecular complexity index is 1040. The number of carbonyl (C=O) groups is 1. The van der Waals surface area contributed by atoms with Crippen LogP contribution in [0.4, 0.5) is 0 Å². The van der Waals surface area contributed by atoms with Gasteiger partial charge in [0.15, 0.2) is 11.5 Å². The largest absolute Gasteiger partial charge is 0.493 e. The molecule has 0 aliphatic rings. The fourth-order valence-electron chi connectivity index (χ4n) is 2.36. The third-order valence-corrected chi connectivity index (χ3v) is 6.94. The standard InChI is InChI=1S/C18H17NO5S3/c1-23-15-5-4-14(9-16(15)24-2)27(21,22)19-10-13-3-6-17(26-13)18(20)12-7-8-25-11-12/h3-9,11,19H,10H2,1-2H3. The van der Waals surface area contributed by atoms with Crippen molar-refractivity contribution >= 4 is 38.5 Å². The monoisotopic (exact) mass is 423 g/mol. The highest BCUT2D eigenvalue weighted by Crippen LogP contribution is 2.29. The second-order valence-corrected chi connectivity index (χ2v) is 9.16. The van der Waals surface area contributed by atoms with Gasteiger partial charge in [-0.05, 0) is 35.7 Å². The number of thiophene rings is 2. The molecule has 0 aliphatic carbocycles. The van der Waals surface area contributed by atoms with Gasteiger partial charge in [0.25, 0.3) is 0 Å². The van der Waals surface area contributed by atoms with Gasteiger partial charge in [-0.1, -0.05) is 0 Å². The topological polar surface area (TPSA) is 81.7 Å². The fourth-order valence-corrected chi connectivity index (χ4v) is 5.02. The normalized spacial score (nSPS) is 11.3. The van der Waals surface area contributed by atoms with Crippen molar-refractivity contribution in [3.05, 3.63) is 62.5 Å². The first-order valence-corrected chi connectivity index (χ1v) is 11.1. The highest BCUT2D eigenvalue weighted by atomic mass is 32.2. The maximum atomic E-state index is 12.5. The van der Waals surface area contributed by atoms with Crippen LogP contribution >= 0.6 is 22.7 Å². The van der Waals surface area contributed by atoms with Gasteiger partial charge in [-0.2, -0.15) is 11.3 Å². The Balaban J connectivity index is 1.72. The lowest BCUT2D eigenvalue weighted by Gasteiger charge is -2.10. The molecule has 0 fully saturated rings. The van der Waals surface area contributed by atoms with Gasteiger partial charge in [0.05, 0.1) is 24.0 Å². The summed E-state index contributed by atoms with van der Waals surface area (Å²) < 4.78 is 37.9. The van der Waals surface area contributed by atoms with Gasteiger partial charge in [-0.25, -0.2) is 13.1 Å². The molecule has 0 bridgehead atoms. The van der Waals surface area contributed by atoms with Crippen LogP contribution in [0.3, 0.4) is 0 Å². The summed E-state index contributed by atoms with van der Waals surface area (Å²) in [4.78, 5) is 13.7. The SMILES string of the molecule is COc1ccc(S(=O)(=O)NCc2ccc(C(=O)c3ccsc3)s2)cc1OC. The Morgan fingerprint density at radius 2 is 1.85 bits per heavy atom. The Kier molecular flexibility index (Phi) is 5.95. The van der Waals surface area contributed by atoms with Crippen LogP contribution in [0.2, 0.25) is 0 Å². The van der Waals surface area contributed by atoms with Gasteiger partial charge < -0.3 is 9.47 Å². The molecule has 0 saturated heterocycles. The zero-order valence-electron chi connectivity index (χ0n) is 14.6. The number of ketones is 1. The minimum absolute atomic E-state index is 0.0600. The summed E-state index contributed by atoms with van der Waals surface area (Å²) in [5.41, 5.74) is 0.638. The first-order chi connectivity index (χ1) is 12.9. The molecule has 0 unspecified atom stereocenters. The van der Waals surface area contributed by atoms with Crippen molar-refractivity contribution in [1.82, 2.24) is 4.72 Å². The summed E-state index contributed by atoms with van der Waals surface area (Å²) in [6.45, 7) is 0.0955. The van der Waals surface area contributed by atoms with Gasteiger partial charge in [0.2, 0.25) is 15.8 Å². The minimum atomic E-state index is -3.73. The molecule has 9 heteroatoms. The molecule has 142 valence electrons. The van der Waals surface area contributed by atoms with E-state index in [-0.39, 0.29) is 17.2 Å². The average Bonchev–Trinajstić information content (AvgIpc) is 3.37. The van der Waals surface area contributed by atoms with Crippen molar-refractivity contribution in [2.24, 2.45) is 0 Å². The molecule has 3 aromatic rings. The lowest BCUT2D eigenvalue weighted by Crippen LogP contribution is -2.22. The maximum absolute atomic E-state index is 12.5. The molecule has 0 atom stereocenters. The molecule has 27 heavy (non-hydrogen) atoms. The van der Waals surface area contributed by atoms with Crippen molar-refractivity contribution in [3.8, 4) is 11.5 Å². The lowest BCUT2D eigenvalue weighted by atomic mass is 10.2. The van der Waals surface area contributed by atoms with Crippen LogP contribution in [-0.4, -0.2) is 28.4 Å². The van der Waals surface area contributed by atoms with E-state index in [4.69, 9.17) is 9.47 Å². The molecule has 0 saturated carbocycles. The van der Waals surface area contributed by atoms with Crippen LogP contribution in [0.15, 0.2) is 52.1 Å². The van der Waals surface area contributed by atoms with E-state index in [2.05, 4.69) is 4.72 Å². The number of sulfonamides is 1. The summed E-state index contributed by atoms with van der Waals surface area (Å²) in [6, 6.07) is 9.62. The molecular weight excluding hydrogens is 406 g/mol. The van der Waals surface area contributed by atoms with E-state index in [1.54, 1.807) is 23.6 Å². The predicted octanol–water partition coefficient (Wildman–Crippen LogP) is 3.54. The van der Waals surface area contributed by atoms with Gasteiger partial charge in [-0.3, -0.25) is 4.79 Å². The first kappa shape index (κ1) is 19.6. The Morgan fingerprint density at radius 1 is 1.07 bits per heavy atom. The quantitative estimate of drug-likeness (QED) is 0.561. The number of rotatable bonds is 8. The number of carbonyl (C=O) groups excluding carboxylic acids is 1. The zero-order valence-corrected chi connectivity index (χ0v) is 17.0. The number of methoxy groups -OCH3 is 2. The molecule has 0 spiro atoms. The number of hydrogen-bond acceptors (Lipinski definition) is 7. The number of benzene rings is 1. The first-order valence-electron chi connectivity index (χ1n) is 7.82. The number of nitrogens with one attached hydrogen (secondary N) is 1. The predicted molar refractivity (Wildman–Crippen MR) is 106 cm³/mol. The summed E-state index contributed by atoms with van der Waals surface area (Å²) in [5, 5.41) is 3.64. The van der Waals surface area contributed by atoms with Crippen molar-refractivity contribution in [2.75, 3.05) is 14.2 Å². The second kappa shape index (κ2) is 8.22. The van der Waals surface area contributed by atoms with Crippen LogP contribution in [-0.2, 0) is 16.6 Å². The van der Waals surface area contributed by atoms with E-state index in [0.717, 1.165) is 4.88 Å². The molecule has 0 radical (unpaired) electrons. The van der Waals surface area contributed by atoms with Crippen LogP contribution in [0, 0.1) is 0 Å². The minimum Gasteiger partial charge on any atom is -0.493 e. The molecule has 1 aromatic carbocycles. The molecular formula is C18H17NO5S3. The van der Waals surface area contributed by atoms with Crippen molar-refractivity contribution in [3.63, 3.8) is 0 Å². The van der Waals surface area contributed by atoms with Gasteiger partial charge in [0.1, 0.15) is 0 Å². The summed E-state index contributed by atoms with van der Waals surface area (Å²) in [7, 11) is -0.806. The van der Waals surface area contributed by atoms with Gasteiger partial charge in [0, 0.05) is 28.4 Å². The van der Waals surface area contributed by atoms with E-state index < -0.39 is 10.0 Å². The Hall–Kier alpha value is -2.20. The third-order valence-electron chi connectivity index (χ3n) is 3.77. The molecule has 6 nitrogen and oxygen atoms in total. The molecule has 1 N–H and O–H groups in total. The average molecular weight is 424 g/mol. The molecule has 2 heterocycles. The van der Waals surface area contributed by atoms with E-state index in [1.807, 2.05) is 5.38 Å². The van der Waals surface area contributed by atoms with Crippen LogP contribution in [0.5, 0.6) is 11.5 Å². The summed E-state index contributed by atoms with van der Waals surface area (Å²) in [6.07, 6.45) is 0. The Labute approximate surface area is 165 Å². The molecule has 2 aromatic heterocycles. The molecule has 3 rings (SSSR count).